The summed E-state index contributed by atoms with van der Waals surface area (Å²) in [4.78, 5) is 25.0. The Morgan fingerprint density at radius 2 is 2.10 bits per heavy atom. The van der Waals surface area contributed by atoms with Gasteiger partial charge < -0.3 is 16.0 Å². The van der Waals surface area contributed by atoms with E-state index in [0.29, 0.717) is 13.1 Å². The maximum atomic E-state index is 12.3. The zero-order valence-electron chi connectivity index (χ0n) is 12.0. The third-order valence-electron chi connectivity index (χ3n) is 3.74. The van der Waals surface area contributed by atoms with Gasteiger partial charge in [-0.15, -0.1) is 0 Å². The topological polar surface area (TPSA) is 75.4 Å². The largest absolute Gasteiger partial charge is 0.351 e. The van der Waals surface area contributed by atoms with Gasteiger partial charge in [-0.25, -0.2) is 4.79 Å². The van der Waals surface area contributed by atoms with E-state index in [1.165, 1.54) is 4.90 Å². The van der Waals surface area contributed by atoms with Gasteiger partial charge >= 0.3 is 6.03 Å². The van der Waals surface area contributed by atoms with Crippen molar-refractivity contribution in [2.24, 2.45) is 11.7 Å². The average molecular weight is 275 g/mol. The van der Waals surface area contributed by atoms with Crippen LogP contribution in [-0.4, -0.2) is 29.9 Å². The van der Waals surface area contributed by atoms with Crippen LogP contribution in [0.3, 0.4) is 0 Å². The van der Waals surface area contributed by atoms with Crippen LogP contribution in [-0.2, 0) is 4.79 Å². The van der Waals surface area contributed by atoms with Gasteiger partial charge in [0.25, 0.3) is 0 Å². The molecule has 0 bridgehead atoms. The number of nitrogens with one attached hydrogen (secondary N) is 1. The Morgan fingerprint density at radius 1 is 1.35 bits per heavy atom. The SMILES string of the molecule is Cc1ccc(NC(=O)[C@@H]2CCCN(C(N)=O)C2)c(C)c1. The summed E-state index contributed by atoms with van der Waals surface area (Å²) in [6.07, 6.45) is 1.61. The number of benzene rings is 1. The molecule has 20 heavy (non-hydrogen) atoms. The lowest BCUT2D eigenvalue weighted by atomic mass is 9.97. The first-order valence-corrected chi connectivity index (χ1v) is 6.90. The first-order valence-electron chi connectivity index (χ1n) is 6.90. The number of amides is 3. The van der Waals surface area contributed by atoms with E-state index < -0.39 is 6.03 Å². The third-order valence-corrected chi connectivity index (χ3v) is 3.74. The molecule has 1 saturated heterocycles. The Hall–Kier alpha value is -2.04. The first kappa shape index (κ1) is 14.4. The molecular formula is C15H21N3O2. The first-order chi connectivity index (χ1) is 9.47. The molecule has 108 valence electrons. The van der Waals surface area contributed by atoms with Crippen LogP contribution in [0.1, 0.15) is 24.0 Å². The molecule has 0 spiro atoms. The van der Waals surface area contributed by atoms with Gasteiger partial charge in [0, 0.05) is 18.8 Å². The number of likely N-dealkylation sites (tertiary alicyclic amines) is 1. The van der Waals surface area contributed by atoms with Gasteiger partial charge in [-0.1, -0.05) is 17.7 Å². The lowest BCUT2D eigenvalue weighted by Crippen LogP contribution is -2.46. The van der Waals surface area contributed by atoms with E-state index in [1.807, 2.05) is 32.0 Å². The predicted molar refractivity (Wildman–Crippen MR) is 78.4 cm³/mol. The molecule has 1 aromatic carbocycles. The highest BCUT2D eigenvalue weighted by atomic mass is 16.2. The van der Waals surface area contributed by atoms with Gasteiger partial charge in [0.1, 0.15) is 0 Å². The standard InChI is InChI=1S/C15H21N3O2/c1-10-5-6-13(11(2)8-10)17-14(19)12-4-3-7-18(9-12)15(16)20/h5-6,8,12H,3-4,7,9H2,1-2H3,(H2,16,20)(H,17,19)/t12-/m1/s1. The highest BCUT2D eigenvalue weighted by Gasteiger charge is 2.27. The molecule has 0 unspecified atom stereocenters. The maximum absolute atomic E-state index is 12.3. The Kier molecular flexibility index (Phi) is 4.27. The van der Waals surface area contributed by atoms with Crippen LogP contribution < -0.4 is 11.1 Å². The normalized spacial score (nSPS) is 18.7. The molecule has 0 aromatic heterocycles. The zero-order chi connectivity index (χ0) is 14.7. The van der Waals surface area contributed by atoms with E-state index in [-0.39, 0.29) is 11.8 Å². The summed E-state index contributed by atoms with van der Waals surface area (Å²) in [5, 5.41) is 2.95. The second kappa shape index (κ2) is 5.94. The van der Waals surface area contributed by atoms with Crippen LogP contribution in [0, 0.1) is 19.8 Å². The number of carbonyl (C=O) groups is 2. The van der Waals surface area contributed by atoms with Crippen LogP contribution in [0.5, 0.6) is 0 Å². The van der Waals surface area contributed by atoms with E-state index in [2.05, 4.69) is 5.32 Å². The fourth-order valence-corrected chi connectivity index (χ4v) is 2.58. The zero-order valence-corrected chi connectivity index (χ0v) is 12.0. The van der Waals surface area contributed by atoms with E-state index in [0.717, 1.165) is 29.7 Å². The molecule has 0 saturated carbocycles. The highest BCUT2D eigenvalue weighted by molar-refractivity contribution is 5.93. The molecule has 3 amide bonds. The number of primary amides is 1. The Balaban J connectivity index is 2.02. The van der Waals surface area contributed by atoms with Crippen molar-refractivity contribution < 1.29 is 9.59 Å². The van der Waals surface area contributed by atoms with Gasteiger partial charge in [-0.3, -0.25) is 4.79 Å². The summed E-state index contributed by atoms with van der Waals surface area (Å²) in [5.41, 5.74) is 8.32. The lowest BCUT2D eigenvalue weighted by Gasteiger charge is -2.30. The number of hydrogen-bond acceptors (Lipinski definition) is 2. The molecule has 0 aliphatic carbocycles. The van der Waals surface area contributed by atoms with Crippen molar-refractivity contribution in [3.8, 4) is 0 Å². The summed E-state index contributed by atoms with van der Waals surface area (Å²) in [7, 11) is 0. The Morgan fingerprint density at radius 3 is 2.75 bits per heavy atom. The second-order valence-electron chi connectivity index (χ2n) is 5.43. The molecule has 1 aromatic rings. The molecule has 3 N–H and O–H groups in total. The molecule has 1 atom stereocenters. The Labute approximate surface area is 119 Å². The van der Waals surface area contributed by atoms with Crippen LogP contribution in [0.15, 0.2) is 18.2 Å². The highest BCUT2D eigenvalue weighted by Crippen LogP contribution is 2.21. The molecule has 1 heterocycles. The number of rotatable bonds is 2. The summed E-state index contributed by atoms with van der Waals surface area (Å²) in [5.74, 6) is -0.222. The van der Waals surface area contributed by atoms with Gasteiger partial charge in [0.15, 0.2) is 0 Å². The third kappa shape index (κ3) is 3.29. The molecule has 5 heteroatoms. The minimum Gasteiger partial charge on any atom is -0.351 e. The van der Waals surface area contributed by atoms with Crippen molar-refractivity contribution in [2.75, 3.05) is 18.4 Å². The van der Waals surface area contributed by atoms with Crippen molar-refractivity contribution in [3.05, 3.63) is 29.3 Å². The van der Waals surface area contributed by atoms with E-state index in [4.69, 9.17) is 5.73 Å². The van der Waals surface area contributed by atoms with Crippen molar-refractivity contribution >= 4 is 17.6 Å². The fourth-order valence-electron chi connectivity index (χ4n) is 2.58. The van der Waals surface area contributed by atoms with E-state index in [1.54, 1.807) is 0 Å². The number of anilines is 1. The van der Waals surface area contributed by atoms with Gasteiger partial charge in [0.2, 0.25) is 5.91 Å². The maximum Gasteiger partial charge on any atom is 0.314 e. The van der Waals surface area contributed by atoms with Crippen LogP contribution in [0.25, 0.3) is 0 Å². The minimum absolute atomic E-state index is 0.0390. The second-order valence-corrected chi connectivity index (χ2v) is 5.43. The summed E-state index contributed by atoms with van der Waals surface area (Å²) in [6.45, 7) is 5.04. The van der Waals surface area contributed by atoms with Gasteiger partial charge in [-0.2, -0.15) is 0 Å². The lowest BCUT2D eigenvalue weighted by molar-refractivity contribution is -0.121. The van der Waals surface area contributed by atoms with E-state index >= 15 is 0 Å². The molecule has 1 aliphatic heterocycles. The van der Waals surface area contributed by atoms with Crippen LogP contribution in [0.4, 0.5) is 10.5 Å². The average Bonchev–Trinajstić information content (AvgIpc) is 2.42. The van der Waals surface area contributed by atoms with Crippen molar-refractivity contribution in [1.29, 1.82) is 0 Å². The molecule has 1 aliphatic rings. The molecule has 2 rings (SSSR count). The number of nitrogens with two attached hydrogens (primary N) is 1. The number of piperidine rings is 1. The van der Waals surface area contributed by atoms with E-state index in [9.17, 15) is 9.59 Å². The predicted octanol–water partition coefficient (Wildman–Crippen LogP) is 2.03. The molecular weight excluding hydrogens is 254 g/mol. The molecule has 0 radical (unpaired) electrons. The number of carbonyl (C=O) groups excluding carboxylic acids is 2. The van der Waals surface area contributed by atoms with Gasteiger partial charge in [-0.05, 0) is 38.3 Å². The summed E-state index contributed by atoms with van der Waals surface area (Å²) in [6, 6.07) is 5.47. The van der Waals surface area contributed by atoms with Crippen molar-refractivity contribution in [2.45, 2.75) is 26.7 Å². The quantitative estimate of drug-likeness (QED) is 0.866. The summed E-state index contributed by atoms with van der Waals surface area (Å²) < 4.78 is 0. The molecule has 1 fully saturated rings. The number of hydrogen-bond donors (Lipinski definition) is 2. The number of nitrogens with zero attached hydrogens (tertiary/aromatic N) is 1. The van der Waals surface area contributed by atoms with Crippen molar-refractivity contribution in [3.63, 3.8) is 0 Å². The smallest absolute Gasteiger partial charge is 0.314 e. The minimum atomic E-state index is -0.450. The van der Waals surface area contributed by atoms with Crippen LogP contribution in [0.2, 0.25) is 0 Å². The Bertz CT molecular complexity index is 528. The number of aryl methyl sites for hydroxylation is 2. The number of urea groups is 1. The molecule has 5 nitrogen and oxygen atoms in total. The summed E-state index contributed by atoms with van der Waals surface area (Å²) >= 11 is 0. The van der Waals surface area contributed by atoms with Crippen LogP contribution >= 0.6 is 0 Å². The monoisotopic (exact) mass is 275 g/mol. The van der Waals surface area contributed by atoms with Crippen molar-refractivity contribution in [1.82, 2.24) is 4.90 Å². The van der Waals surface area contributed by atoms with Gasteiger partial charge in [0.05, 0.1) is 5.92 Å². The fraction of sp³-hybridized carbons (Fsp3) is 0.467.